The van der Waals surface area contributed by atoms with Crippen LogP contribution in [0.25, 0.3) is 16.7 Å². The Kier molecular flexibility index (Phi) is 4.64. The molecule has 0 radical (unpaired) electrons. The first-order valence-electron chi connectivity index (χ1n) is 8.57. The second-order valence-electron chi connectivity index (χ2n) is 6.17. The minimum absolute atomic E-state index is 0.166. The first-order chi connectivity index (χ1) is 13.1. The largest absolute Gasteiger partial charge is 0.464 e. The average molecular weight is 381 g/mol. The van der Waals surface area contributed by atoms with Crippen LogP contribution in [0.1, 0.15) is 18.1 Å². The number of fused-ring (bicyclic) bond motifs is 1. The van der Waals surface area contributed by atoms with Crippen molar-refractivity contribution >= 4 is 34.2 Å². The summed E-state index contributed by atoms with van der Waals surface area (Å²) < 4.78 is 7.20. The van der Waals surface area contributed by atoms with Crippen LogP contribution in [0.2, 0.25) is 5.02 Å². The number of nitrogens with zero attached hydrogens (tertiary/aromatic N) is 3. The van der Waals surface area contributed by atoms with E-state index in [1.165, 1.54) is 11.9 Å². The molecule has 0 aliphatic rings. The van der Waals surface area contributed by atoms with Crippen LogP contribution < -0.4 is 5.32 Å². The van der Waals surface area contributed by atoms with Gasteiger partial charge in [0.05, 0.1) is 24.1 Å². The topological polar surface area (TPSA) is 73.0 Å². The number of nitrogens with one attached hydrogen (secondary N) is 1. The number of hydrogen-bond donors (Lipinski definition) is 1. The Balaban J connectivity index is 1.58. The van der Waals surface area contributed by atoms with E-state index >= 15 is 0 Å². The van der Waals surface area contributed by atoms with Crippen LogP contribution in [0, 0.1) is 0 Å². The molecule has 0 unspecified atom stereocenters. The summed E-state index contributed by atoms with van der Waals surface area (Å²) in [5.74, 6) is -0.166. The highest BCUT2D eigenvalue weighted by Gasteiger charge is 2.14. The highest BCUT2D eigenvalue weighted by molar-refractivity contribution is 6.31. The van der Waals surface area contributed by atoms with Crippen LogP contribution in [-0.4, -0.2) is 20.7 Å². The van der Waals surface area contributed by atoms with Crippen molar-refractivity contribution < 1.29 is 9.21 Å². The third-order valence-electron chi connectivity index (χ3n) is 4.38. The normalized spacial score (nSPS) is 11.0. The molecule has 2 heterocycles. The predicted octanol–water partition coefficient (Wildman–Crippen LogP) is 4.41. The molecule has 6 nitrogen and oxygen atoms in total. The third kappa shape index (κ3) is 3.57. The number of amides is 1. The quantitative estimate of drug-likeness (QED) is 0.556. The molecule has 2 aromatic carbocycles. The van der Waals surface area contributed by atoms with Gasteiger partial charge in [-0.15, -0.1) is 0 Å². The number of aromatic nitrogens is 3. The predicted molar refractivity (Wildman–Crippen MR) is 104 cm³/mol. The molecule has 0 aliphatic carbocycles. The number of anilines is 1. The summed E-state index contributed by atoms with van der Waals surface area (Å²) in [5, 5.41) is 8.50. The summed E-state index contributed by atoms with van der Waals surface area (Å²) in [4.78, 5) is 16.6. The van der Waals surface area contributed by atoms with Crippen molar-refractivity contribution in [2.75, 3.05) is 5.32 Å². The lowest BCUT2D eigenvalue weighted by Crippen LogP contribution is -2.16. The van der Waals surface area contributed by atoms with Gasteiger partial charge in [-0.25, -0.2) is 9.67 Å². The van der Waals surface area contributed by atoms with Crippen molar-refractivity contribution in [1.82, 2.24) is 14.8 Å². The van der Waals surface area contributed by atoms with E-state index in [-0.39, 0.29) is 12.3 Å². The molecule has 0 spiro atoms. The third-order valence-corrected chi connectivity index (χ3v) is 4.61. The molecule has 0 saturated heterocycles. The Morgan fingerprint density at radius 2 is 2.15 bits per heavy atom. The molecule has 2 aromatic heterocycles. The Morgan fingerprint density at radius 1 is 1.26 bits per heavy atom. The number of furan rings is 1. The lowest BCUT2D eigenvalue weighted by atomic mass is 10.1. The number of aryl methyl sites for hydroxylation is 1. The molecule has 0 bridgehead atoms. The highest BCUT2D eigenvalue weighted by atomic mass is 35.5. The maximum atomic E-state index is 12.6. The van der Waals surface area contributed by atoms with E-state index in [2.05, 4.69) is 28.4 Å². The van der Waals surface area contributed by atoms with E-state index in [1.807, 2.05) is 12.1 Å². The fraction of sp³-hybridized carbons (Fsp3) is 0.150. The second kappa shape index (κ2) is 7.25. The van der Waals surface area contributed by atoms with Crippen molar-refractivity contribution in [2.24, 2.45) is 0 Å². The molecule has 7 heteroatoms. The number of rotatable bonds is 5. The monoisotopic (exact) mass is 380 g/mol. The summed E-state index contributed by atoms with van der Waals surface area (Å²) in [6.07, 6.45) is 5.77. The molecule has 1 N–H and O–H groups in total. The Morgan fingerprint density at radius 3 is 2.93 bits per heavy atom. The lowest BCUT2D eigenvalue weighted by molar-refractivity contribution is -0.115. The molecule has 0 aliphatic heterocycles. The first kappa shape index (κ1) is 17.3. The maximum absolute atomic E-state index is 12.6. The Bertz CT molecular complexity index is 1100. The molecule has 0 saturated carbocycles. The molecule has 0 atom stereocenters. The zero-order chi connectivity index (χ0) is 18.8. The molecular weight excluding hydrogens is 364 g/mol. The van der Waals surface area contributed by atoms with Crippen molar-refractivity contribution in [1.29, 1.82) is 0 Å². The molecular formula is C20H17ClN4O2. The van der Waals surface area contributed by atoms with Crippen LogP contribution in [0.15, 0.2) is 59.7 Å². The van der Waals surface area contributed by atoms with Gasteiger partial charge >= 0.3 is 0 Å². The first-order valence-corrected chi connectivity index (χ1v) is 8.95. The molecule has 4 aromatic rings. The van der Waals surface area contributed by atoms with Crippen molar-refractivity contribution in [3.05, 3.63) is 71.5 Å². The van der Waals surface area contributed by atoms with E-state index in [9.17, 15) is 4.79 Å². The van der Waals surface area contributed by atoms with Gasteiger partial charge in [-0.2, -0.15) is 5.10 Å². The van der Waals surface area contributed by atoms with Crippen LogP contribution in [0.5, 0.6) is 0 Å². The number of carbonyl (C=O) groups is 1. The van der Waals surface area contributed by atoms with Crippen LogP contribution in [0.4, 0.5) is 5.69 Å². The zero-order valence-corrected chi connectivity index (χ0v) is 15.4. The molecule has 1 amide bonds. The zero-order valence-electron chi connectivity index (χ0n) is 14.6. The van der Waals surface area contributed by atoms with Gasteiger partial charge in [0.25, 0.3) is 0 Å². The second-order valence-corrected chi connectivity index (χ2v) is 6.61. The van der Waals surface area contributed by atoms with Gasteiger partial charge in [0.15, 0.2) is 0 Å². The summed E-state index contributed by atoms with van der Waals surface area (Å²) >= 11 is 6.10. The van der Waals surface area contributed by atoms with Crippen LogP contribution >= 0.6 is 11.6 Å². The van der Waals surface area contributed by atoms with Gasteiger partial charge in [0.2, 0.25) is 5.91 Å². The maximum Gasteiger partial charge on any atom is 0.228 e. The standard InChI is InChI=1S/C20H17ClN4O2/c1-2-13-3-5-16-14(10-27-19(16)7-13)8-20(26)24-17-9-15(21)4-6-18(17)25-12-22-11-23-25/h3-7,9-12H,2,8H2,1H3,(H,24,26). The van der Waals surface area contributed by atoms with Gasteiger partial charge in [0.1, 0.15) is 18.2 Å². The smallest absolute Gasteiger partial charge is 0.228 e. The molecule has 4 rings (SSSR count). The Labute approximate surface area is 160 Å². The van der Waals surface area contributed by atoms with E-state index in [1.54, 1.807) is 35.5 Å². The Hall–Kier alpha value is -3.12. The van der Waals surface area contributed by atoms with Gasteiger partial charge in [-0.05, 0) is 36.2 Å². The van der Waals surface area contributed by atoms with E-state index in [4.69, 9.17) is 16.0 Å². The number of carbonyl (C=O) groups excluding carboxylic acids is 1. The minimum atomic E-state index is -0.166. The highest BCUT2D eigenvalue weighted by Crippen LogP contribution is 2.26. The fourth-order valence-electron chi connectivity index (χ4n) is 2.99. The molecule has 0 fully saturated rings. The number of benzene rings is 2. The number of hydrogen-bond acceptors (Lipinski definition) is 4. The van der Waals surface area contributed by atoms with Crippen LogP contribution in [-0.2, 0) is 17.6 Å². The van der Waals surface area contributed by atoms with Gasteiger partial charge in [-0.3, -0.25) is 4.79 Å². The fourth-order valence-corrected chi connectivity index (χ4v) is 3.16. The lowest BCUT2D eigenvalue weighted by Gasteiger charge is -2.11. The van der Waals surface area contributed by atoms with Gasteiger partial charge in [0, 0.05) is 16.0 Å². The van der Waals surface area contributed by atoms with E-state index < -0.39 is 0 Å². The van der Waals surface area contributed by atoms with Crippen molar-refractivity contribution in [3.63, 3.8) is 0 Å². The van der Waals surface area contributed by atoms with Gasteiger partial charge in [-0.1, -0.05) is 30.7 Å². The summed E-state index contributed by atoms with van der Waals surface area (Å²) in [7, 11) is 0. The summed E-state index contributed by atoms with van der Waals surface area (Å²) in [6.45, 7) is 2.09. The van der Waals surface area contributed by atoms with Crippen LogP contribution in [0.3, 0.4) is 0 Å². The molecule has 27 heavy (non-hydrogen) atoms. The molecule has 136 valence electrons. The minimum Gasteiger partial charge on any atom is -0.464 e. The summed E-state index contributed by atoms with van der Waals surface area (Å²) in [5.41, 5.74) is 4.09. The average Bonchev–Trinajstić information content (AvgIpc) is 3.32. The SMILES string of the molecule is CCc1ccc2c(CC(=O)Nc3cc(Cl)ccc3-n3cncn3)coc2c1. The van der Waals surface area contributed by atoms with Crippen molar-refractivity contribution in [3.8, 4) is 5.69 Å². The summed E-state index contributed by atoms with van der Waals surface area (Å²) in [6, 6.07) is 11.3. The van der Waals surface area contributed by atoms with Crippen molar-refractivity contribution in [2.45, 2.75) is 19.8 Å². The number of halogens is 1. The van der Waals surface area contributed by atoms with E-state index in [0.717, 1.165) is 23.0 Å². The van der Waals surface area contributed by atoms with E-state index in [0.29, 0.717) is 16.4 Å². The van der Waals surface area contributed by atoms with Gasteiger partial charge < -0.3 is 9.73 Å².